The van der Waals surface area contributed by atoms with E-state index in [1.54, 1.807) is 56.5 Å². The van der Waals surface area contributed by atoms with E-state index in [-0.39, 0.29) is 5.91 Å². The van der Waals surface area contributed by atoms with Gasteiger partial charge >= 0.3 is 5.97 Å². The summed E-state index contributed by atoms with van der Waals surface area (Å²) < 4.78 is 15.3. The number of rotatable bonds is 6. The van der Waals surface area contributed by atoms with Gasteiger partial charge in [0.15, 0.2) is 5.11 Å². The van der Waals surface area contributed by atoms with Crippen LogP contribution in [0.25, 0.3) is 0 Å². The number of nitrogens with one attached hydrogen (secondary N) is 3. The number of methoxy groups -OCH3 is 3. The Morgan fingerprint density at radius 2 is 1.74 bits per heavy atom. The fourth-order valence-electron chi connectivity index (χ4n) is 3.27. The van der Waals surface area contributed by atoms with Gasteiger partial charge in [-0.1, -0.05) is 12.1 Å². The molecule has 1 aliphatic heterocycles. The van der Waals surface area contributed by atoms with E-state index in [2.05, 4.69) is 16.0 Å². The molecular formula is C22H23N3O5S. The molecule has 0 unspecified atom stereocenters. The second-order valence-electron chi connectivity index (χ2n) is 6.70. The minimum atomic E-state index is -0.510. The zero-order chi connectivity index (χ0) is 22.5. The number of hydrogen-bond acceptors (Lipinski definition) is 6. The molecule has 9 heteroatoms. The lowest BCUT2D eigenvalue weighted by Crippen LogP contribution is -2.45. The van der Waals surface area contributed by atoms with Crippen LogP contribution in [0.3, 0.4) is 0 Å². The number of anilines is 1. The van der Waals surface area contributed by atoms with Crippen LogP contribution in [0.5, 0.6) is 11.5 Å². The average molecular weight is 442 g/mol. The molecular weight excluding hydrogens is 418 g/mol. The van der Waals surface area contributed by atoms with Gasteiger partial charge in [0.25, 0.3) is 5.91 Å². The first-order valence-electron chi connectivity index (χ1n) is 9.37. The van der Waals surface area contributed by atoms with Gasteiger partial charge in [0.2, 0.25) is 0 Å². The first-order valence-corrected chi connectivity index (χ1v) is 9.78. The molecule has 1 heterocycles. The fourth-order valence-corrected chi connectivity index (χ4v) is 3.54. The minimum Gasteiger partial charge on any atom is -0.497 e. The van der Waals surface area contributed by atoms with Crippen molar-refractivity contribution in [3.05, 3.63) is 64.9 Å². The van der Waals surface area contributed by atoms with Gasteiger partial charge in [-0.2, -0.15) is 0 Å². The molecule has 1 amide bonds. The zero-order valence-corrected chi connectivity index (χ0v) is 18.4. The summed E-state index contributed by atoms with van der Waals surface area (Å²) in [6.45, 7) is 1.78. The van der Waals surface area contributed by atoms with Gasteiger partial charge in [-0.15, -0.1) is 0 Å². The molecule has 0 saturated carbocycles. The maximum Gasteiger partial charge on any atom is 0.337 e. The summed E-state index contributed by atoms with van der Waals surface area (Å²) in [5.74, 6) is 0.319. The number of esters is 1. The third-order valence-electron chi connectivity index (χ3n) is 4.84. The molecule has 0 bridgehead atoms. The van der Waals surface area contributed by atoms with Crippen molar-refractivity contribution < 1.29 is 23.8 Å². The van der Waals surface area contributed by atoms with E-state index in [1.165, 1.54) is 14.2 Å². The molecule has 0 radical (unpaired) electrons. The number of benzene rings is 2. The van der Waals surface area contributed by atoms with Crippen molar-refractivity contribution in [2.24, 2.45) is 0 Å². The third-order valence-corrected chi connectivity index (χ3v) is 5.06. The lowest BCUT2D eigenvalue weighted by Gasteiger charge is -2.30. The van der Waals surface area contributed by atoms with E-state index in [9.17, 15) is 9.59 Å². The van der Waals surface area contributed by atoms with Crippen molar-refractivity contribution in [2.45, 2.75) is 13.0 Å². The van der Waals surface area contributed by atoms with Gasteiger partial charge in [-0.25, -0.2) is 4.79 Å². The molecule has 3 N–H and O–H groups in total. The molecule has 1 aliphatic rings. The first-order chi connectivity index (χ1) is 14.9. The van der Waals surface area contributed by atoms with Crippen LogP contribution in [0, 0.1) is 0 Å². The first kappa shape index (κ1) is 22.1. The lowest BCUT2D eigenvalue weighted by atomic mass is 9.94. The van der Waals surface area contributed by atoms with E-state index in [0.717, 1.165) is 5.56 Å². The highest BCUT2D eigenvalue weighted by atomic mass is 32.1. The molecule has 2 aromatic rings. The van der Waals surface area contributed by atoms with Gasteiger partial charge in [-0.3, -0.25) is 4.79 Å². The minimum absolute atomic E-state index is 0.328. The van der Waals surface area contributed by atoms with E-state index in [1.807, 2.05) is 0 Å². The van der Waals surface area contributed by atoms with Crippen LogP contribution in [-0.4, -0.2) is 38.3 Å². The maximum absolute atomic E-state index is 13.3. The van der Waals surface area contributed by atoms with Crippen LogP contribution in [0.15, 0.2) is 53.7 Å². The summed E-state index contributed by atoms with van der Waals surface area (Å²) in [6, 6.07) is 11.4. The molecule has 2 aromatic carbocycles. The molecule has 0 aromatic heterocycles. The van der Waals surface area contributed by atoms with Gasteiger partial charge in [0.05, 0.1) is 44.2 Å². The Balaban J connectivity index is 1.93. The van der Waals surface area contributed by atoms with Gasteiger partial charge in [0, 0.05) is 11.8 Å². The number of carbonyl (C=O) groups excluding carboxylic acids is 2. The number of carbonyl (C=O) groups is 2. The van der Waals surface area contributed by atoms with E-state index in [4.69, 9.17) is 26.4 Å². The van der Waals surface area contributed by atoms with Crippen LogP contribution >= 0.6 is 12.2 Å². The molecule has 162 valence electrons. The van der Waals surface area contributed by atoms with Crippen molar-refractivity contribution in [1.29, 1.82) is 0 Å². The Morgan fingerprint density at radius 3 is 2.35 bits per heavy atom. The number of amides is 1. The third kappa shape index (κ3) is 4.77. The van der Waals surface area contributed by atoms with Crippen molar-refractivity contribution in [3.8, 4) is 11.5 Å². The highest BCUT2D eigenvalue weighted by molar-refractivity contribution is 7.80. The SMILES string of the molecule is COC(=O)c1ccc([C@@H]2NC(=S)NC(C)=C2C(=O)Nc2ccc(OC)cc2OC)cc1. The summed E-state index contributed by atoms with van der Waals surface area (Å²) in [7, 11) is 4.40. The smallest absolute Gasteiger partial charge is 0.337 e. The number of hydrogen-bond donors (Lipinski definition) is 3. The number of allylic oxidation sites excluding steroid dienone is 1. The second kappa shape index (κ2) is 9.48. The predicted molar refractivity (Wildman–Crippen MR) is 120 cm³/mol. The number of thiocarbonyl (C=S) groups is 1. The van der Waals surface area contributed by atoms with Gasteiger partial charge in [-0.05, 0) is 49.0 Å². The summed E-state index contributed by atoms with van der Waals surface area (Å²) in [5, 5.41) is 9.41. The Kier molecular flexibility index (Phi) is 6.76. The normalized spacial score (nSPS) is 15.5. The van der Waals surface area contributed by atoms with Crippen LogP contribution in [-0.2, 0) is 9.53 Å². The van der Waals surface area contributed by atoms with E-state index >= 15 is 0 Å². The van der Waals surface area contributed by atoms with E-state index in [0.29, 0.717) is 39.1 Å². The fraction of sp³-hybridized carbons (Fsp3) is 0.227. The van der Waals surface area contributed by atoms with Crippen LogP contribution in [0.4, 0.5) is 5.69 Å². The van der Waals surface area contributed by atoms with Crippen molar-refractivity contribution in [2.75, 3.05) is 26.6 Å². The second-order valence-corrected chi connectivity index (χ2v) is 7.11. The average Bonchev–Trinajstić information content (AvgIpc) is 2.78. The molecule has 1 atom stereocenters. The molecule has 31 heavy (non-hydrogen) atoms. The molecule has 8 nitrogen and oxygen atoms in total. The Hall–Kier alpha value is -3.59. The van der Waals surface area contributed by atoms with E-state index < -0.39 is 12.0 Å². The van der Waals surface area contributed by atoms with Gasteiger partial charge in [0.1, 0.15) is 11.5 Å². The Labute approximate surface area is 185 Å². The summed E-state index contributed by atoms with van der Waals surface area (Å²) >= 11 is 5.29. The summed E-state index contributed by atoms with van der Waals surface area (Å²) in [6.07, 6.45) is 0. The maximum atomic E-state index is 13.3. The predicted octanol–water partition coefficient (Wildman–Crippen LogP) is 2.92. The number of ether oxygens (including phenoxy) is 3. The highest BCUT2D eigenvalue weighted by Crippen LogP contribution is 2.32. The zero-order valence-electron chi connectivity index (χ0n) is 17.6. The van der Waals surface area contributed by atoms with Crippen molar-refractivity contribution >= 4 is 34.9 Å². The van der Waals surface area contributed by atoms with Gasteiger partial charge < -0.3 is 30.2 Å². The quantitative estimate of drug-likeness (QED) is 0.465. The van der Waals surface area contributed by atoms with Crippen LogP contribution < -0.4 is 25.4 Å². The molecule has 0 aliphatic carbocycles. The van der Waals surface area contributed by atoms with Crippen LogP contribution in [0.1, 0.15) is 28.9 Å². The molecule has 3 rings (SSSR count). The Bertz CT molecular complexity index is 1050. The highest BCUT2D eigenvalue weighted by Gasteiger charge is 2.30. The monoisotopic (exact) mass is 441 g/mol. The topological polar surface area (TPSA) is 97.9 Å². The lowest BCUT2D eigenvalue weighted by molar-refractivity contribution is -0.113. The largest absolute Gasteiger partial charge is 0.497 e. The Morgan fingerprint density at radius 1 is 1.03 bits per heavy atom. The molecule has 0 spiro atoms. The van der Waals surface area contributed by atoms with Crippen molar-refractivity contribution in [3.63, 3.8) is 0 Å². The molecule has 0 fully saturated rings. The van der Waals surface area contributed by atoms with Crippen LogP contribution in [0.2, 0.25) is 0 Å². The summed E-state index contributed by atoms with van der Waals surface area (Å²) in [5.41, 5.74) is 2.76. The summed E-state index contributed by atoms with van der Waals surface area (Å²) in [4.78, 5) is 25.0. The van der Waals surface area contributed by atoms with Crippen molar-refractivity contribution in [1.82, 2.24) is 10.6 Å². The molecule has 0 saturated heterocycles. The standard InChI is InChI=1S/C22H23N3O5S/c1-12-18(20(26)24-16-10-9-15(28-2)11-17(16)29-3)19(25-22(31)23-12)13-5-7-14(8-6-13)21(27)30-4/h5-11,19H,1-4H3,(H,24,26)(H2,23,25,31)/t19-/m0/s1.